The minimum absolute atomic E-state index is 0.181. The fraction of sp³-hybridized carbons (Fsp3) is 0.522. The number of aromatic nitrogens is 2. The Morgan fingerprint density at radius 1 is 1.20 bits per heavy atom. The lowest BCUT2D eigenvalue weighted by Crippen LogP contribution is -2.31. The minimum Gasteiger partial charge on any atom is -0.393 e. The van der Waals surface area contributed by atoms with Crippen molar-refractivity contribution in [3.8, 4) is 0 Å². The van der Waals surface area contributed by atoms with Crippen molar-refractivity contribution >= 4 is 17.4 Å². The van der Waals surface area contributed by atoms with Crippen LogP contribution in [0.1, 0.15) is 60.3 Å². The summed E-state index contributed by atoms with van der Waals surface area (Å²) < 4.78 is 0. The molecule has 1 aromatic carbocycles. The number of aliphatic hydroxyl groups is 1. The second kappa shape index (κ2) is 9.43. The summed E-state index contributed by atoms with van der Waals surface area (Å²) in [6, 6.07) is 8.59. The molecule has 1 amide bonds. The van der Waals surface area contributed by atoms with Gasteiger partial charge in [-0.25, -0.2) is 9.97 Å². The fourth-order valence-corrected chi connectivity index (χ4v) is 4.28. The molecule has 4 rings (SSSR count). The molecule has 160 valence electrons. The lowest BCUT2D eigenvalue weighted by atomic mass is 9.93. The number of hydrogen-bond donors (Lipinski definition) is 3. The molecule has 0 bridgehead atoms. The molecule has 0 atom stereocenters. The topological polar surface area (TPSA) is 90.4 Å². The van der Waals surface area contributed by atoms with Crippen molar-refractivity contribution in [2.24, 2.45) is 0 Å². The zero-order chi connectivity index (χ0) is 20.9. The molecule has 2 aromatic rings. The number of aryl methyl sites for hydroxylation is 1. The maximum absolute atomic E-state index is 12.9. The van der Waals surface area contributed by atoms with E-state index in [4.69, 9.17) is 0 Å². The van der Waals surface area contributed by atoms with Crippen LogP contribution in [-0.4, -0.2) is 46.2 Å². The summed E-state index contributed by atoms with van der Waals surface area (Å²) in [5.74, 6) is 1.02. The number of aliphatic hydroxyl groups excluding tert-OH is 1. The van der Waals surface area contributed by atoms with E-state index in [2.05, 4.69) is 43.7 Å². The number of carbonyl (C=O) groups is 1. The molecule has 2 heterocycles. The number of nitrogens with one attached hydrogen (secondary N) is 2. The largest absolute Gasteiger partial charge is 0.393 e. The maximum Gasteiger partial charge on any atom is 0.256 e. The van der Waals surface area contributed by atoms with Crippen LogP contribution < -0.4 is 15.5 Å². The van der Waals surface area contributed by atoms with E-state index in [1.807, 2.05) is 13.0 Å². The Bertz CT molecular complexity index is 874. The van der Waals surface area contributed by atoms with E-state index < -0.39 is 0 Å². The number of rotatable bonds is 6. The van der Waals surface area contributed by atoms with Crippen LogP contribution in [0.2, 0.25) is 0 Å². The van der Waals surface area contributed by atoms with Gasteiger partial charge in [0.2, 0.25) is 0 Å². The molecule has 0 unspecified atom stereocenters. The smallest absolute Gasteiger partial charge is 0.256 e. The molecule has 1 saturated heterocycles. The van der Waals surface area contributed by atoms with Crippen LogP contribution in [0.15, 0.2) is 30.5 Å². The van der Waals surface area contributed by atoms with Gasteiger partial charge in [0.25, 0.3) is 5.91 Å². The van der Waals surface area contributed by atoms with Crippen molar-refractivity contribution in [2.45, 2.75) is 64.1 Å². The predicted octanol–water partition coefficient (Wildman–Crippen LogP) is 3.03. The van der Waals surface area contributed by atoms with Gasteiger partial charge in [-0.1, -0.05) is 12.1 Å². The molecule has 2 aliphatic rings. The van der Waals surface area contributed by atoms with Crippen LogP contribution in [0.4, 0.5) is 11.5 Å². The number of hydrogen-bond acceptors (Lipinski definition) is 6. The number of nitrogens with zero attached hydrogens (tertiary/aromatic N) is 3. The van der Waals surface area contributed by atoms with Crippen molar-refractivity contribution in [1.29, 1.82) is 0 Å². The van der Waals surface area contributed by atoms with E-state index >= 15 is 0 Å². The number of carbonyl (C=O) groups excluding carboxylic acids is 1. The third kappa shape index (κ3) is 5.08. The van der Waals surface area contributed by atoms with Gasteiger partial charge < -0.3 is 20.6 Å². The van der Waals surface area contributed by atoms with E-state index in [0.29, 0.717) is 23.8 Å². The van der Waals surface area contributed by atoms with Crippen molar-refractivity contribution in [3.63, 3.8) is 0 Å². The minimum atomic E-state index is -0.214. The molecule has 7 heteroatoms. The summed E-state index contributed by atoms with van der Waals surface area (Å²) in [7, 11) is 0. The maximum atomic E-state index is 12.9. The SMILES string of the molecule is Cc1ncc(C(=O)NCc2cccc(N3CCCC3)c2)c(NC2CCC(O)CC2)n1. The second-order valence-electron chi connectivity index (χ2n) is 8.38. The molecule has 2 fully saturated rings. The normalized spacial score (nSPS) is 21.5. The Labute approximate surface area is 177 Å². The fourth-order valence-electron chi connectivity index (χ4n) is 4.28. The monoisotopic (exact) mass is 409 g/mol. The Morgan fingerprint density at radius 2 is 1.97 bits per heavy atom. The standard InChI is InChI=1S/C23H31N5O2/c1-16-24-15-21(22(26-16)27-18-7-9-20(29)10-8-18)23(30)25-14-17-5-4-6-19(13-17)28-11-2-3-12-28/h4-6,13,15,18,20,29H,2-3,7-12,14H2,1H3,(H,25,30)(H,24,26,27). The number of amides is 1. The van der Waals surface area contributed by atoms with Gasteiger partial charge in [-0.15, -0.1) is 0 Å². The van der Waals surface area contributed by atoms with Gasteiger partial charge in [0, 0.05) is 37.6 Å². The van der Waals surface area contributed by atoms with Crippen LogP contribution in [0.25, 0.3) is 0 Å². The van der Waals surface area contributed by atoms with Gasteiger partial charge >= 0.3 is 0 Å². The van der Waals surface area contributed by atoms with Crippen LogP contribution in [0, 0.1) is 6.92 Å². The lowest BCUT2D eigenvalue weighted by molar-refractivity contribution is 0.0950. The van der Waals surface area contributed by atoms with Gasteiger partial charge in [-0.2, -0.15) is 0 Å². The molecule has 1 aliphatic carbocycles. The predicted molar refractivity (Wildman–Crippen MR) is 118 cm³/mol. The Hall–Kier alpha value is -2.67. The molecule has 3 N–H and O–H groups in total. The molecular weight excluding hydrogens is 378 g/mol. The van der Waals surface area contributed by atoms with Crippen molar-refractivity contribution in [3.05, 3.63) is 47.4 Å². The molecule has 30 heavy (non-hydrogen) atoms. The Balaban J connectivity index is 1.41. The highest BCUT2D eigenvalue weighted by atomic mass is 16.3. The summed E-state index contributed by atoms with van der Waals surface area (Å²) in [4.78, 5) is 24.0. The van der Waals surface area contributed by atoms with Crippen molar-refractivity contribution in [1.82, 2.24) is 15.3 Å². The first-order valence-corrected chi connectivity index (χ1v) is 11.0. The van der Waals surface area contributed by atoms with E-state index in [-0.39, 0.29) is 18.1 Å². The molecule has 0 spiro atoms. The van der Waals surface area contributed by atoms with Crippen molar-refractivity contribution < 1.29 is 9.90 Å². The summed E-state index contributed by atoms with van der Waals surface area (Å²) in [6.45, 7) is 4.48. The van der Waals surface area contributed by atoms with Crippen LogP contribution in [0.3, 0.4) is 0 Å². The molecule has 1 aromatic heterocycles. The molecule has 1 saturated carbocycles. The summed E-state index contributed by atoms with van der Waals surface area (Å²) in [5, 5.41) is 16.2. The van der Waals surface area contributed by atoms with Crippen LogP contribution in [0.5, 0.6) is 0 Å². The summed E-state index contributed by atoms with van der Waals surface area (Å²) in [6.07, 6.45) is 7.15. The van der Waals surface area contributed by atoms with E-state index in [1.54, 1.807) is 6.20 Å². The zero-order valence-electron chi connectivity index (χ0n) is 17.6. The number of anilines is 2. The molecule has 0 radical (unpaired) electrons. The van der Waals surface area contributed by atoms with Gasteiger partial charge in [-0.05, 0) is 63.1 Å². The quantitative estimate of drug-likeness (QED) is 0.679. The summed E-state index contributed by atoms with van der Waals surface area (Å²) >= 11 is 0. The first kappa shape index (κ1) is 20.6. The second-order valence-corrected chi connectivity index (χ2v) is 8.38. The first-order valence-electron chi connectivity index (χ1n) is 11.0. The third-order valence-electron chi connectivity index (χ3n) is 6.03. The summed E-state index contributed by atoms with van der Waals surface area (Å²) in [5.41, 5.74) is 2.76. The Kier molecular flexibility index (Phi) is 6.47. The average Bonchev–Trinajstić information content (AvgIpc) is 3.29. The van der Waals surface area contributed by atoms with E-state index in [1.165, 1.54) is 18.5 Å². The van der Waals surface area contributed by atoms with E-state index in [9.17, 15) is 9.90 Å². The third-order valence-corrected chi connectivity index (χ3v) is 6.03. The van der Waals surface area contributed by atoms with Crippen LogP contribution in [-0.2, 0) is 6.54 Å². The highest BCUT2D eigenvalue weighted by Gasteiger charge is 2.22. The Morgan fingerprint density at radius 3 is 2.73 bits per heavy atom. The lowest BCUT2D eigenvalue weighted by Gasteiger charge is -2.27. The zero-order valence-corrected chi connectivity index (χ0v) is 17.6. The molecule has 7 nitrogen and oxygen atoms in total. The number of benzene rings is 1. The van der Waals surface area contributed by atoms with Crippen molar-refractivity contribution in [2.75, 3.05) is 23.3 Å². The highest BCUT2D eigenvalue weighted by Crippen LogP contribution is 2.24. The highest BCUT2D eigenvalue weighted by molar-refractivity contribution is 5.98. The van der Waals surface area contributed by atoms with Gasteiger partial charge in [0.15, 0.2) is 0 Å². The average molecular weight is 410 g/mol. The van der Waals surface area contributed by atoms with Gasteiger partial charge in [0.05, 0.1) is 6.10 Å². The van der Waals surface area contributed by atoms with Crippen LogP contribution >= 0.6 is 0 Å². The molecular formula is C23H31N5O2. The van der Waals surface area contributed by atoms with E-state index in [0.717, 1.165) is 44.3 Å². The van der Waals surface area contributed by atoms with Gasteiger partial charge in [0.1, 0.15) is 17.2 Å². The molecule has 1 aliphatic heterocycles. The van der Waals surface area contributed by atoms with Gasteiger partial charge in [-0.3, -0.25) is 4.79 Å². The first-order chi connectivity index (χ1) is 14.6.